The van der Waals surface area contributed by atoms with Crippen LogP contribution in [-0.4, -0.2) is 20.5 Å². The molecular formula is C15H16F3N3O. The van der Waals surface area contributed by atoms with Crippen molar-refractivity contribution < 1.29 is 18.0 Å². The van der Waals surface area contributed by atoms with Crippen LogP contribution in [0.5, 0.6) is 0 Å². The average Bonchev–Trinajstić information content (AvgIpc) is 2.90. The molecule has 2 rings (SSSR count). The number of nitrogens with zero attached hydrogens (tertiary/aromatic N) is 3. The second-order valence-corrected chi connectivity index (χ2v) is 5.77. The van der Waals surface area contributed by atoms with Crippen molar-refractivity contribution in [2.75, 3.05) is 0 Å². The van der Waals surface area contributed by atoms with E-state index in [1.165, 1.54) is 29.5 Å². The molecule has 118 valence electrons. The van der Waals surface area contributed by atoms with Crippen LogP contribution < -0.4 is 0 Å². The molecule has 1 aromatic carbocycles. The number of rotatable bonds is 5. The third-order valence-electron chi connectivity index (χ3n) is 3.45. The van der Waals surface area contributed by atoms with Crippen molar-refractivity contribution in [2.45, 2.75) is 33.0 Å². The quantitative estimate of drug-likeness (QED) is 0.852. The lowest BCUT2D eigenvalue weighted by Crippen LogP contribution is -2.30. The average molecular weight is 311 g/mol. The van der Waals surface area contributed by atoms with Gasteiger partial charge in [-0.3, -0.25) is 4.79 Å². The van der Waals surface area contributed by atoms with Crippen molar-refractivity contribution in [1.82, 2.24) is 14.8 Å². The number of carbonyl (C=O) groups is 1. The number of ketones is 1. The molecule has 1 aromatic heterocycles. The molecule has 0 unspecified atom stereocenters. The molecule has 0 radical (unpaired) electrons. The maximum Gasteiger partial charge on any atom is 0.416 e. The topological polar surface area (TPSA) is 47.8 Å². The Hall–Kier alpha value is -2.18. The van der Waals surface area contributed by atoms with Crippen molar-refractivity contribution in [3.8, 4) is 0 Å². The molecule has 0 atom stereocenters. The Labute approximate surface area is 126 Å². The van der Waals surface area contributed by atoms with Gasteiger partial charge in [-0.15, -0.1) is 0 Å². The Morgan fingerprint density at radius 3 is 2.32 bits per heavy atom. The second-order valence-electron chi connectivity index (χ2n) is 5.77. The number of hydrogen-bond donors (Lipinski definition) is 0. The van der Waals surface area contributed by atoms with Crippen molar-refractivity contribution in [1.29, 1.82) is 0 Å². The van der Waals surface area contributed by atoms with Crippen molar-refractivity contribution in [2.24, 2.45) is 5.41 Å². The van der Waals surface area contributed by atoms with Crippen LogP contribution in [0.4, 0.5) is 13.2 Å². The van der Waals surface area contributed by atoms with E-state index < -0.39 is 17.2 Å². The van der Waals surface area contributed by atoms with E-state index in [1.54, 1.807) is 13.8 Å². The molecule has 0 amide bonds. The number of aromatic nitrogens is 3. The lowest BCUT2D eigenvalue weighted by molar-refractivity contribution is -0.137. The molecule has 7 heteroatoms. The summed E-state index contributed by atoms with van der Waals surface area (Å²) in [6.07, 6.45) is -1.20. The van der Waals surface area contributed by atoms with Gasteiger partial charge in [0.05, 0.1) is 5.56 Å². The summed E-state index contributed by atoms with van der Waals surface area (Å²) in [5.41, 5.74) is -0.709. The smallest absolute Gasteiger partial charge is 0.297 e. The van der Waals surface area contributed by atoms with Gasteiger partial charge in [-0.1, -0.05) is 26.0 Å². The van der Waals surface area contributed by atoms with Gasteiger partial charge in [0, 0.05) is 5.41 Å². The molecule has 0 saturated carbocycles. The zero-order valence-corrected chi connectivity index (χ0v) is 12.3. The van der Waals surface area contributed by atoms with Gasteiger partial charge in [0.25, 0.3) is 0 Å². The normalized spacial score (nSPS) is 12.4. The lowest BCUT2D eigenvalue weighted by atomic mass is 9.81. The van der Waals surface area contributed by atoms with E-state index in [1.807, 2.05) is 0 Å². The molecule has 1 heterocycles. The van der Waals surface area contributed by atoms with Crippen LogP contribution in [0.2, 0.25) is 0 Å². The summed E-state index contributed by atoms with van der Waals surface area (Å²) in [5, 5.41) is 3.88. The second kappa shape index (κ2) is 5.90. The summed E-state index contributed by atoms with van der Waals surface area (Å²) in [6, 6.07) is 4.89. The third kappa shape index (κ3) is 3.93. The van der Waals surface area contributed by atoms with Gasteiger partial charge >= 0.3 is 6.18 Å². The first-order valence-corrected chi connectivity index (χ1v) is 6.70. The zero-order valence-electron chi connectivity index (χ0n) is 12.3. The molecule has 0 bridgehead atoms. The van der Waals surface area contributed by atoms with Crippen LogP contribution in [0, 0.1) is 5.41 Å². The number of carbonyl (C=O) groups excluding carboxylic acids is 1. The van der Waals surface area contributed by atoms with Crippen molar-refractivity contribution in [3.05, 3.63) is 48.0 Å². The first-order valence-electron chi connectivity index (χ1n) is 6.70. The van der Waals surface area contributed by atoms with Crippen LogP contribution in [0.25, 0.3) is 0 Å². The van der Waals surface area contributed by atoms with Crippen LogP contribution in [0.3, 0.4) is 0 Å². The predicted octanol–water partition coefficient (Wildman–Crippen LogP) is 3.13. The molecule has 4 nitrogen and oxygen atoms in total. The van der Waals surface area contributed by atoms with E-state index in [0.717, 1.165) is 12.1 Å². The van der Waals surface area contributed by atoms with Crippen LogP contribution >= 0.6 is 0 Å². The number of alkyl halides is 3. The summed E-state index contributed by atoms with van der Waals surface area (Å²) >= 11 is 0. The Balaban J connectivity index is 2.06. The van der Waals surface area contributed by atoms with E-state index >= 15 is 0 Å². The molecule has 0 spiro atoms. The monoisotopic (exact) mass is 311 g/mol. The Bertz CT molecular complexity index is 631. The largest absolute Gasteiger partial charge is 0.416 e. The van der Waals surface area contributed by atoms with E-state index in [0.29, 0.717) is 12.0 Å². The predicted molar refractivity (Wildman–Crippen MR) is 74.0 cm³/mol. The van der Waals surface area contributed by atoms with Gasteiger partial charge < -0.3 is 0 Å². The Morgan fingerprint density at radius 2 is 1.82 bits per heavy atom. The highest BCUT2D eigenvalue weighted by molar-refractivity contribution is 5.84. The van der Waals surface area contributed by atoms with Crippen LogP contribution in [0.1, 0.15) is 25.0 Å². The first-order chi connectivity index (χ1) is 10.2. The van der Waals surface area contributed by atoms with Crippen LogP contribution in [-0.2, 0) is 23.9 Å². The van der Waals surface area contributed by atoms with Gasteiger partial charge in [0.1, 0.15) is 19.2 Å². The molecular weight excluding hydrogens is 295 g/mol. The fourth-order valence-corrected chi connectivity index (χ4v) is 2.10. The summed E-state index contributed by atoms with van der Waals surface area (Å²) in [6.45, 7) is 3.63. The van der Waals surface area contributed by atoms with Gasteiger partial charge in [0.15, 0.2) is 5.78 Å². The summed E-state index contributed by atoms with van der Waals surface area (Å²) < 4.78 is 39.0. The van der Waals surface area contributed by atoms with Crippen molar-refractivity contribution in [3.63, 3.8) is 0 Å². The van der Waals surface area contributed by atoms with Gasteiger partial charge in [-0.05, 0) is 24.1 Å². The minimum atomic E-state index is -4.35. The van der Waals surface area contributed by atoms with Crippen LogP contribution in [0.15, 0.2) is 36.9 Å². The number of hydrogen-bond acceptors (Lipinski definition) is 3. The van der Waals surface area contributed by atoms with Gasteiger partial charge in [-0.2, -0.15) is 18.3 Å². The maximum atomic E-state index is 12.5. The fraction of sp³-hybridized carbons (Fsp3) is 0.400. The van der Waals surface area contributed by atoms with E-state index in [4.69, 9.17) is 0 Å². The Kier molecular flexibility index (Phi) is 4.35. The number of benzene rings is 1. The highest BCUT2D eigenvalue weighted by Gasteiger charge is 2.31. The molecule has 0 saturated heterocycles. The summed E-state index contributed by atoms with van der Waals surface area (Å²) in [5.74, 6) is -0.0575. The molecule has 22 heavy (non-hydrogen) atoms. The Morgan fingerprint density at radius 1 is 1.18 bits per heavy atom. The van der Waals surface area contributed by atoms with Crippen molar-refractivity contribution >= 4 is 5.78 Å². The van der Waals surface area contributed by atoms with E-state index in [2.05, 4.69) is 10.1 Å². The maximum absolute atomic E-state index is 12.5. The van der Waals surface area contributed by atoms with E-state index in [-0.39, 0.29) is 12.3 Å². The molecule has 0 aliphatic rings. The van der Waals surface area contributed by atoms with E-state index in [9.17, 15) is 18.0 Å². The number of Topliss-reactive ketones (excluding diaryl/α,β-unsaturated/α-hetero) is 1. The molecule has 0 fully saturated rings. The minimum absolute atomic E-state index is 0.0575. The molecule has 0 N–H and O–H groups in total. The number of halogens is 3. The highest BCUT2D eigenvalue weighted by Crippen LogP contribution is 2.30. The van der Waals surface area contributed by atoms with Gasteiger partial charge in [0.2, 0.25) is 0 Å². The lowest BCUT2D eigenvalue weighted by Gasteiger charge is -2.23. The van der Waals surface area contributed by atoms with Gasteiger partial charge in [-0.25, -0.2) is 9.67 Å². The standard InChI is InChI=1S/C15H16F3N3O/c1-14(2,13(22)8-21-10-19-9-20-21)7-11-3-5-12(6-4-11)15(16,17)18/h3-6,9-10H,7-8H2,1-2H3. The fourth-order valence-electron chi connectivity index (χ4n) is 2.10. The first kappa shape index (κ1) is 16.2. The highest BCUT2D eigenvalue weighted by atomic mass is 19.4. The third-order valence-corrected chi connectivity index (χ3v) is 3.45. The zero-order chi connectivity index (χ0) is 16.4. The SMILES string of the molecule is CC(C)(Cc1ccc(C(F)(F)F)cc1)C(=O)Cn1cncn1. The molecule has 0 aliphatic carbocycles. The summed E-state index contributed by atoms with van der Waals surface area (Å²) in [4.78, 5) is 16.1. The molecule has 0 aliphatic heterocycles. The molecule has 2 aromatic rings. The minimum Gasteiger partial charge on any atom is -0.297 e. The summed E-state index contributed by atoms with van der Waals surface area (Å²) in [7, 11) is 0.